The predicted octanol–water partition coefficient (Wildman–Crippen LogP) is 13.4. The van der Waals surface area contributed by atoms with E-state index in [9.17, 15) is 0 Å². The van der Waals surface area contributed by atoms with Crippen molar-refractivity contribution in [3.63, 3.8) is 0 Å². The Balaban J connectivity index is 1.02. The van der Waals surface area contributed by atoms with Crippen LogP contribution < -0.4 is 9.64 Å². The first kappa shape index (κ1) is 30.0. The smallest absolute Gasteiger partial charge is 0.143 e. The quantitative estimate of drug-likeness (QED) is 0.176. The second kappa shape index (κ2) is 12.5. The lowest BCUT2D eigenvalue weighted by atomic mass is 9.94. The molecule has 0 fully saturated rings. The summed E-state index contributed by atoms with van der Waals surface area (Å²) in [4.78, 5) is 2.31. The topological polar surface area (TPSA) is 25.6 Å². The predicted molar refractivity (Wildman–Crippen MR) is 214 cm³/mol. The van der Waals surface area contributed by atoms with Gasteiger partial charge in [0, 0.05) is 50.5 Å². The number of allylic oxidation sites excluding steroid dienone is 5. The highest BCUT2D eigenvalue weighted by Crippen LogP contribution is 2.43. The number of rotatable bonds is 6. The third-order valence-electron chi connectivity index (χ3n) is 10.2. The zero-order chi connectivity index (χ0) is 34.4. The third-order valence-corrected chi connectivity index (χ3v) is 10.2. The summed E-state index contributed by atoms with van der Waals surface area (Å²) in [5, 5.41) is 2.27. The van der Waals surface area contributed by atoms with Crippen molar-refractivity contribution in [3.8, 4) is 28.0 Å². The maximum atomic E-state index is 6.44. The summed E-state index contributed by atoms with van der Waals surface area (Å²) in [6, 6.07) is 59.8. The van der Waals surface area contributed by atoms with Crippen LogP contribution in [0, 0.1) is 0 Å². The van der Waals surface area contributed by atoms with Gasteiger partial charge in [-0.2, -0.15) is 0 Å². The van der Waals surface area contributed by atoms with Gasteiger partial charge in [0.2, 0.25) is 0 Å². The number of nitrogens with zero attached hydrogens (tertiary/aromatic N) is 1. The Morgan fingerprint density at radius 1 is 0.481 bits per heavy atom. The molecular weight excluding hydrogens is 635 g/mol. The lowest BCUT2D eigenvalue weighted by Gasteiger charge is -2.27. The first-order chi connectivity index (χ1) is 25.8. The summed E-state index contributed by atoms with van der Waals surface area (Å²) in [6.45, 7) is 0. The Morgan fingerprint density at radius 2 is 1.10 bits per heavy atom. The second-order valence-corrected chi connectivity index (χ2v) is 13.3. The largest absolute Gasteiger partial charge is 0.457 e. The molecule has 0 saturated carbocycles. The van der Waals surface area contributed by atoms with E-state index in [1.165, 1.54) is 16.7 Å². The van der Waals surface area contributed by atoms with Crippen molar-refractivity contribution in [3.05, 3.63) is 211 Å². The molecule has 2 bridgehead atoms. The van der Waals surface area contributed by atoms with E-state index in [1.54, 1.807) is 0 Å². The third kappa shape index (κ3) is 5.23. The fourth-order valence-electron chi connectivity index (χ4n) is 7.59. The van der Waals surface area contributed by atoms with Crippen LogP contribution in [0.25, 0.3) is 49.8 Å². The summed E-state index contributed by atoms with van der Waals surface area (Å²) >= 11 is 0. The second-order valence-electron chi connectivity index (χ2n) is 13.3. The van der Waals surface area contributed by atoms with Crippen LogP contribution >= 0.6 is 0 Å². The van der Waals surface area contributed by atoms with E-state index < -0.39 is 0 Å². The van der Waals surface area contributed by atoms with Gasteiger partial charge in [0.05, 0.1) is 0 Å². The Kier molecular flexibility index (Phi) is 7.21. The molecule has 1 aromatic heterocycles. The molecular formula is C49H33NO2. The monoisotopic (exact) mass is 667 g/mol. The van der Waals surface area contributed by atoms with E-state index in [0.717, 1.165) is 72.8 Å². The molecule has 3 heteroatoms. The van der Waals surface area contributed by atoms with Gasteiger partial charge in [-0.15, -0.1) is 0 Å². The van der Waals surface area contributed by atoms with Gasteiger partial charge in [0.15, 0.2) is 0 Å². The summed E-state index contributed by atoms with van der Waals surface area (Å²) in [5.41, 5.74) is 13.0. The van der Waals surface area contributed by atoms with E-state index in [1.807, 2.05) is 18.2 Å². The van der Waals surface area contributed by atoms with Crippen molar-refractivity contribution in [2.45, 2.75) is 5.92 Å². The highest BCUT2D eigenvalue weighted by Gasteiger charge is 2.24. The van der Waals surface area contributed by atoms with Gasteiger partial charge in [-0.3, -0.25) is 0 Å². The fraction of sp³-hybridized carbons (Fsp3) is 0.0204. The Bertz CT molecular complexity index is 2680. The fourth-order valence-corrected chi connectivity index (χ4v) is 7.59. The van der Waals surface area contributed by atoms with Crippen LogP contribution in [0.15, 0.2) is 204 Å². The molecule has 0 saturated heterocycles. The van der Waals surface area contributed by atoms with Gasteiger partial charge in [-0.1, -0.05) is 140 Å². The highest BCUT2D eigenvalue weighted by atomic mass is 16.5. The van der Waals surface area contributed by atoms with E-state index in [2.05, 4.69) is 181 Å². The molecule has 1 unspecified atom stereocenters. The summed E-state index contributed by atoms with van der Waals surface area (Å²) < 4.78 is 12.8. The van der Waals surface area contributed by atoms with Gasteiger partial charge in [0.1, 0.15) is 22.7 Å². The minimum absolute atomic E-state index is 0.198. The molecule has 246 valence electrons. The van der Waals surface area contributed by atoms with Gasteiger partial charge >= 0.3 is 0 Å². The van der Waals surface area contributed by atoms with E-state index in [-0.39, 0.29) is 5.92 Å². The van der Waals surface area contributed by atoms with E-state index in [0.29, 0.717) is 0 Å². The minimum atomic E-state index is 0.198. The van der Waals surface area contributed by atoms with E-state index in [4.69, 9.17) is 9.15 Å². The summed E-state index contributed by atoms with van der Waals surface area (Å²) in [6.07, 6.45) is 8.77. The Morgan fingerprint density at radius 3 is 1.87 bits per heavy atom. The maximum absolute atomic E-state index is 6.44. The zero-order valence-electron chi connectivity index (χ0n) is 28.3. The number of hydrogen-bond donors (Lipinski definition) is 0. The average molecular weight is 668 g/mol. The number of para-hydroxylation sites is 3. The van der Waals surface area contributed by atoms with Crippen molar-refractivity contribution >= 4 is 44.6 Å². The van der Waals surface area contributed by atoms with Crippen LogP contribution in [0.1, 0.15) is 17.0 Å². The number of fused-ring (bicyclic) bond motifs is 6. The van der Waals surface area contributed by atoms with Gasteiger partial charge in [0.25, 0.3) is 0 Å². The number of hydrogen-bond acceptors (Lipinski definition) is 3. The zero-order valence-corrected chi connectivity index (χ0v) is 28.3. The molecule has 3 nitrogen and oxygen atoms in total. The van der Waals surface area contributed by atoms with Crippen LogP contribution in [0.2, 0.25) is 0 Å². The summed E-state index contributed by atoms with van der Waals surface area (Å²) in [7, 11) is 0. The number of benzene rings is 7. The molecule has 1 atom stereocenters. The Labute approximate surface area is 302 Å². The van der Waals surface area contributed by atoms with Crippen LogP contribution in [0.3, 0.4) is 0 Å². The first-order valence-electron chi connectivity index (χ1n) is 17.7. The highest BCUT2D eigenvalue weighted by molar-refractivity contribution is 6.09. The van der Waals surface area contributed by atoms with Gasteiger partial charge in [-0.25, -0.2) is 0 Å². The molecule has 2 heterocycles. The average Bonchev–Trinajstić information content (AvgIpc) is 3.51. The van der Waals surface area contributed by atoms with Crippen molar-refractivity contribution in [1.82, 2.24) is 0 Å². The van der Waals surface area contributed by atoms with Gasteiger partial charge < -0.3 is 14.1 Å². The molecule has 2 aliphatic rings. The molecule has 0 amide bonds. The SMILES string of the molecule is C1=CC2C=C(Oc3ccccc32)C(c2ccc(N(c3ccc(-c4ccccc4)cc3)c3ccc(-c4cccc5c4oc4ccccc45)cc3)cc2)=C1. The van der Waals surface area contributed by atoms with Crippen molar-refractivity contribution in [1.29, 1.82) is 0 Å². The normalized spacial score (nSPS) is 14.7. The molecule has 52 heavy (non-hydrogen) atoms. The Hall–Kier alpha value is -6.84. The van der Waals surface area contributed by atoms with Crippen molar-refractivity contribution < 1.29 is 9.15 Å². The van der Waals surface area contributed by atoms with Crippen molar-refractivity contribution in [2.75, 3.05) is 4.90 Å². The number of furan rings is 1. The molecule has 1 aliphatic carbocycles. The molecule has 0 radical (unpaired) electrons. The first-order valence-corrected chi connectivity index (χ1v) is 17.7. The maximum Gasteiger partial charge on any atom is 0.143 e. The standard InChI is InChI=1S/C49H33NO2/c1-2-10-33(11-3-1)34-20-26-38(27-21-34)50(40-30-24-36(25-31-40)43-16-9-17-45-44-14-5-7-19-47(44)52-49(43)45)39-28-22-35(23-29-39)41-15-8-12-37-32-48(41)51-46-18-6-4-13-42(37)46/h1-32,37H. The molecule has 0 spiro atoms. The molecule has 1 aliphatic heterocycles. The van der Waals surface area contributed by atoms with Crippen LogP contribution in [-0.4, -0.2) is 0 Å². The lowest BCUT2D eigenvalue weighted by Crippen LogP contribution is -2.10. The van der Waals surface area contributed by atoms with Crippen LogP contribution in [0.4, 0.5) is 17.1 Å². The molecule has 8 aromatic rings. The molecule has 7 aromatic carbocycles. The minimum Gasteiger partial charge on any atom is -0.457 e. The van der Waals surface area contributed by atoms with Crippen LogP contribution in [0.5, 0.6) is 5.75 Å². The number of anilines is 3. The number of ether oxygens (including phenoxy) is 1. The molecule has 10 rings (SSSR count). The summed E-state index contributed by atoms with van der Waals surface area (Å²) in [5.74, 6) is 2.01. The lowest BCUT2D eigenvalue weighted by molar-refractivity contribution is 0.429. The van der Waals surface area contributed by atoms with Crippen molar-refractivity contribution in [2.24, 2.45) is 0 Å². The van der Waals surface area contributed by atoms with Crippen LogP contribution in [-0.2, 0) is 0 Å². The van der Waals surface area contributed by atoms with Gasteiger partial charge in [-0.05, 0) is 76.9 Å². The molecule has 0 N–H and O–H groups in total. The van der Waals surface area contributed by atoms with E-state index >= 15 is 0 Å².